The van der Waals surface area contributed by atoms with Gasteiger partial charge in [-0.25, -0.2) is 9.67 Å². The maximum atomic E-state index is 11.4. The van der Waals surface area contributed by atoms with Crippen LogP contribution in [0, 0.1) is 23.0 Å². The highest BCUT2D eigenvalue weighted by Gasteiger charge is 2.34. The highest BCUT2D eigenvalue weighted by molar-refractivity contribution is 5.61. The van der Waals surface area contributed by atoms with E-state index in [-0.39, 0.29) is 16.5 Å². The number of nitrogens with zero attached hydrogens (tertiary/aromatic N) is 6. The van der Waals surface area contributed by atoms with E-state index in [1.54, 1.807) is 35.6 Å². The van der Waals surface area contributed by atoms with Crippen LogP contribution < -0.4 is 4.90 Å². The van der Waals surface area contributed by atoms with Gasteiger partial charge in [-0.1, -0.05) is 0 Å². The van der Waals surface area contributed by atoms with Gasteiger partial charge in [-0.2, -0.15) is 5.10 Å². The third-order valence-electron chi connectivity index (χ3n) is 4.67. The van der Waals surface area contributed by atoms with E-state index in [9.17, 15) is 15.2 Å². The van der Waals surface area contributed by atoms with Crippen molar-refractivity contribution >= 4 is 11.5 Å². The Hall–Kier alpha value is -2.42. The molecule has 1 aliphatic rings. The summed E-state index contributed by atoms with van der Waals surface area (Å²) in [6.45, 7) is 2.89. The normalized spacial score (nSPS) is 19.5. The van der Waals surface area contributed by atoms with Crippen LogP contribution in [0.5, 0.6) is 0 Å². The first-order valence-corrected chi connectivity index (χ1v) is 7.98. The van der Waals surface area contributed by atoms with E-state index in [2.05, 4.69) is 10.1 Å². The van der Waals surface area contributed by atoms with Gasteiger partial charge in [0.2, 0.25) is 5.82 Å². The lowest BCUT2D eigenvalue weighted by molar-refractivity contribution is -0.384. The number of aromatic nitrogens is 4. The average Bonchev–Trinajstić information content (AvgIpc) is 3.09. The van der Waals surface area contributed by atoms with Crippen LogP contribution in [-0.2, 0) is 14.1 Å². The predicted molar refractivity (Wildman–Crippen MR) is 87.7 cm³/mol. The standard InChI is InChI=1S/C15H22N6O3/c1-10-12(21(23)24)15(19(3)17-10)20-7-4-5-11(9-20)13(22)14-16-6-8-18(14)2/h6,8,11,13,22H,4-5,7,9H2,1-3H3. The molecule has 3 heterocycles. The second-order valence-electron chi connectivity index (χ2n) is 6.33. The second-order valence-corrected chi connectivity index (χ2v) is 6.33. The van der Waals surface area contributed by atoms with Crippen LogP contribution in [-0.4, -0.2) is 42.5 Å². The molecule has 0 amide bonds. The van der Waals surface area contributed by atoms with Gasteiger partial charge in [-0.15, -0.1) is 0 Å². The van der Waals surface area contributed by atoms with Crippen molar-refractivity contribution in [3.63, 3.8) is 0 Å². The number of aliphatic hydroxyl groups excluding tert-OH is 1. The number of imidazole rings is 1. The Bertz CT molecular complexity index is 752. The van der Waals surface area contributed by atoms with Crippen molar-refractivity contribution in [1.82, 2.24) is 19.3 Å². The van der Waals surface area contributed by atoms with Crippen LogP contribution >= 0.6 is 0 Å². The third-order valence-corrected chi connectivity index (χ3v) is 4.67. The molecule has 0 bridgehead atoms. The monoisotopic (exact) mass is 334 g/mol. The molecule has 0 radical (unpaired) electrons. The molecule has 2 unspecified atom stereocenters. The summed E-state index contributed by atoms with van der Waals surface area (Å²) in [6.07, 6.45) is 4.48. The van der Waals surface area contributed by atoms with Gasteiger partial charge in [0.1, 0.15) is 17.6 Å². The highest BCUT2D eigenvalue weighted by Crippen LogP contribution is 2.36. The predicted octanol–water partition coefficient (Wildman–Crippen LogP) is 1.32. The molecule has 0 aromatic carbocycles. The Morgan fingerprint density at radius 3 is 2.83 bits per heavy atom. The van der Waals surface area contributed by atoms with Gasteiger partial charge in [0.25, 0.3) is 0 Å². The number of aryl methyl sites for hydroxylation is 3. The zero-order valence-corrected chi connectivity index (χ0v) is 14.1. The molecule has 130 valence electrons. The maximum absolute atomic E-state index is 11.4. The fraction of sp³-hybridized carbons (Fsp3) is 0.600. The third kappa shape index (κ3) is 2.75. The topological polar surface area (TPSA) is 102 Å². The molecule has 9 heteroatoms. The molecule has 0 aliphatic carbocycles. The Morgan fingerprint density at radius 1 is 1.46 bits per heavy atom. The van der Waals surface area contributed by atoms with E-state index < -0.39 is 6.10 Å². The molecule has 1 N–H and O–H groups in total. The van der Waals surface area contributed by atoms with Gasteiger partial charge < -0.3 is 14.6 Å². The Morgan fingerprint density at radius 2 is 2.21 bits per heavy atom. The fourth-order valence-electron chi connectivity index (χ4n) is 3.54. The van der Waals surface area contributed by atoms with E-state index in [1.165, 1.54) is 0 Å². The number of hydrogen-bond acceptors (Lipinski definition) is 6. The SMILES string of the molecule is Cc1nn(C)c(N2CCCC(C(O)c3nccn3C)C2)c1[N+](=O)[O-]. The summed E-state index contributed by atoms with van der Waals surface area (Å²) >= 11 is 0. The van der Waals surface area contributed by atoms with E-state index >= 15 is 0 Å². The molecule has 1 aliphatic heterocycles. The van der Waals surface area contributed by atoms with Gasteiger partial charge in [0.15, 0.2) is 0 Å². The number of hydrogen-bond donors (Lipinski definition) is 1. The van der Waals surface area contributed by atoms with E-state index in [0.29, 0.717) is 30.4 Å². The average molecular weight is 334 g/mol. The Balaban J connectivity index is 1.87. The van der Waals surface area contributed by atoms with Gasteiger partial charge in [0.05, 0.1) is 4.92 Å². The number of aliphatic hydroxyl groups is 1. The number of nitro groups is 1. The van der Waals surface area contributed by atoms with Crippen molar-refractivity contribution in [2.24, 2.45) is 20.0 Å². The van der Waals surface area contributed by atoms with Gasteiger partial charge in [0, 0.05) is 45.5 Å². The smallest absolute Gasteiger partial charge is 0.333 e. The molecule has 0 spiro atoms. The van der Waals surface area contributed by atoms with Crippen LogP contribution in [0.25, 0.3) is 0 Å². The highest BCUT2D eigenvalue weighted by atomic mass is 16.6. The maximum Gasteiger partial charge on any atom is 0.333 e. The first-order valence-electron chi connectivity index (χ1n) is 7.98. The Kier molecular flexibility index (Phi) is 4.27. The molecule has 9 nitrogen and oxygen atoms in total. The summed E-state index contributed by atoms with van der Waals surface area (Å²) in [5.74, 6) is 1.10. The summed E-state index contributed by atoms with van der Waals surface area (Å²) < 4.78 is 3.36. The minimum atomic E-state index is -0.693. The van der Waals surface area contributed by atoms with Crippen molar-refractivity contribution in [1.29, 1.82) is 0 Å². The van der Waals surface area contributed by atoms with Crippen LogP contribution in [0.2, 0.25) is 0 Å². The van der Waals surface area contributed by atoms with Gasteiger partial charge in [-0.3, -0.25) is 10.1 Å². The Labute approximate surface area is 139 Å². The molecule has 1 fully saturated rings. The fourth-order valence-corrected chi connectivity index (χ4v) is 3.54. The van der Waals surface area contributed by atoms with Crippen molar-refractivity contribution in [3.8, 4) is 0 Å². The van der Waals surface area contributed by atoms with Crippen LogP contribution in [0.15, 0.2) is 12.4 Å². The number of piperidine rings is 1. The molecule has 3 rings (SSSR count). The zero-order chi connectivity index (χ0) is 17.4. The van der Waals surface area contributed by atoms with E-state index in [4.69, 9.17) is 0 Å². The number of anilines is 1. The van der Waals surface area contributed by atoms with Gasteiger partial charge >= 0.3 is 5.69 Å². The lowest BCUT2D eigenvalue weighted by Crippen LogP contribution is -2.39. The zero-order valence-electron chi connectivity index (χ0n) is 14.1. The minimum Gasteiger partial charge on any atom is -0.385 e. The van der Waals surface area contributed by atoms with Gasteiger partial charge in [-0.05, 0) is 19.8 Å². The molecular formula is C15H22N6O3. The summed E-state index contributed by atoms with van der Waals surface area (Å²) in [4.78, 5) is 17.2. The molecule has 24 heavy (non-hydrogen) atoms. The summed E-state index contributed by atoms with van der Waals surface area (Å²) in [5, 5.41) is 26.3. The van der Waals surface area contributed by atoms with Crippen LogP contribution in [0.1, 0.15) is 30.5 Å². The summed E-state index contributed by atoms with van der Waals surface area (Å²) in [7, 11) is 3.57. The molecule has 1 saturated heterocycles. The van der Waals surface area contributed by atoms with E-state index in [0.717, 1.165) is 12.8 Å². The minimum absolute atomic E-state index is 0.0327. The molecule has 2 aromatic rings. The quantitative estimate of drug-likeness (QED) is 0.668. The van der Waals surface area contributed by atoms with Crippen molar-refractivity contribution in [3.05, 3.63) is 34.0 Å². The van der Waals surface area contributed by atoms with E-state index in [1.807, 2.05) is 11.9 Å². The molecule has 0 saturated carbocycles. The largest absolute Gasteiger partial charge is 0.385 e. The molecule has 2 aromatic heterocycles. The molecule has 2 atom stereocenters. The summed E-state index contributed by atoms with van der Waals surface area (Å²) in [6, 6.07) is 0. The van der Waals surface area contributed by atoms with Crippen LogP contribution in [0.4, 0.5) is 11.5 Å². The van der Waals surface area contributed by atoms with Crippen LogP contribution in [0.3, 0.4) is 0 Å². The first-order chi connectivity index (χ1) is 11.4. The first kappa shape index (κ1) is 16.4. The lowest BCUT2D eigenvalue weighted by atomic mass is 9.92. The second kappa shape index (κ2) is 6.23. The molecular weight excluding hydrogens is 312 g/mol. The van der Waals surface area contributed by atoms with Crippen molar-refractivity contribution in [2.75, 3.05) is 18.0 Å². The lowest BCUT2D eigenvalue weighted by Gasteiger charge is -2.35. The number of rotatable bonds is 4. The summed E-state index contributed by atoms with van der Waals surface area (Å²) in [5.41, 5.74) is 0.453. The van der Waals surface area contributed by atoms with Crippen molar-refractivity contribution < 1.29 is 10.0 Å². The van der Waals surface area contributed by atoms with Crippen molar-refractivity contribution in [2.45, 2.75) is 25.9 Å².